The molecule has 0 fully saturated rings. The molecule has 0 spiro atoms. The minimum absolute atomic E-state index is 0.00483. The van der Waals surface area contributed by atoms with Crippen LogP contribution in [0, 0.1) is 6.92 Å². The number of halogens is 1. The number of amides is 1. The monoisotopic (exact) mass is 524 g/mol. The van der Waals surface area contributed by atoms with Crippen molar-refractivity contribution in [2.24, 2.45) is 7.05 Å². The molecule has 0 saturated heterocycles. The summed E-state index contributed by atoms with van der Waals surface area (Å²) in [4.78, 5) is 37.0. The molecular formula is C21H21ClN4O6S2. The lowest BCUT2D eigenvalue weighted by Gasteiger charge is -2.07. The number of rotatable bonds is 9. The van der Waals surface area contributed by atoms with Crippen molar-refractivity contribution in [2.45, 2.75) is 18.7 Å². The van der Waals surface area contributed by atoms with E-state index in [4.69, 9.17) is 25.8 Å². The summed E-state index contributed by atoms with van der Waals surface area (Å²) >= 11 is 7.98. The number of ether oxygens (including phenoxy) is 3. The average Bonchev–Trinajstić information content (AvgIpc) is 3.35. The van der Waals surface area contributed by atoms with Crippen LogP contribution < -0.4 is 10.1 Å². The molecule has 0 unspecified atom stereocenters. The van der Waals surface area contributed by atoms with Gasteiger partial charge >= 0.3 is 11.9 Å². The summed E-state index contributed by atoms with van der Waals surface area (Å²) < 4.78 is 16.9. The lowest BCUT2D eigenvalue weighted by atomic mass is 10.1. The molecule has 0 aliphatic rings. The highest BCUT2D eigenvalue weighted by atomic mass is 35.5. The van der Waals surface area contributed by atoms with Crippen molar-refractivity contribution in [3.8, 4) is 5.75 Å². The van der Waals surface area contributed by atoms with Gasteiger partial charge in [0.15, 0.2) is 11.0 Å². The average molecular weight is 525 g/mol. The van der Waals surface area contributed by atoms with Crippen LogP contribution >= 0.6 is 34.7 Å². The number of benzene rings is 1. The highest BCUT2D eigenvalue weighted by molar-refractivity contribution is 7.99. The zero-order chi connectivity index (χ0) is 24.8. The van der Waals surface area contributed by atoms with Gasteiger partial charge in [0.1, 0.15) is 22.2 Å². The SMILES string of the molecule is COC(=O)c1sc(NC(=O)CSc2nnc(COc3ccc(Cl)cc3)n2C)c(C(=O)OC)c1C. The molecule has 0 radical (unpaired) electrons. The Bertz CT molecular complexity index is 1210. The highest BCUT2D eigenvalue weighted by Gasteiger charge is 2.27. The second-order valence-corrected chi connectivity index (χ2v) is 9.18. The lowest BCUT2D eigenvalue weighted by molar-refractivity contribution is -0.113. The first kappa shape index (κ1) is 25.5. The summed E-state index contributed by atoms with van der Waals surface area (Å²) in [5, 5.41) is 12.2. The standard InChI is InChI=1S/C21H21ClN4O6S2/c1-11-16(19(28)30-3)18(34-17(11)20(29)31-4)23-15(27)10-33-21-25-24-14(26(21)2)9-32-13-7-5-12(22)6-8-13/h5-8H,9-10H2,1-4H3,(H,23,27). The molecule has 1 amide bonds. The first-order valence-corrected chi connectivity index (χ1v) is 11.9. The molecule has 180 valence electrons. The van der Waals surface area contributed by atoms with E-state index in [2.05, 4.69) is 15.5 Å². The summed E-state index contributed by atoms with van der Waals surface area (Å²) in [7, 11) is 4.23. The molecule has 0 bridgehead atoms. The van der Waals surface area contributed by atoms with E-state index in [1.165, 1.54) is 14.2 Å². The van der Waals surface area contributed by atoms with Crippen molar-refractivity contribution < 1.29 is 28.6 Å². The van der Waals surface area contributed by atoms with Crippen LogP contribution in [0.2, 0.25) is 5.02 Å². The predicted molar refractivity (Wildman–Crippen MR) is 128 cm³/mol. The van der Waals surface area contributed by atoms with Crippen LogP contribution in [-0.4, -0.2) is 52.6 Å². The number of carbonyl (C=O) groups excluding carboxylic acids is 3. The fraction of sp³-hybridized carbons (Fsp3) is 0.286. The molecule has 0 atom stereocenters. The van der Waals surface area contributed by atoms with Gasteiger partial charge in [0.05, 0.1) is 25.5 Å². The van der Waals surface area contributed by atoms with Gasteiger partial charge in [0.25, 0.3) is 0 Å². The summed E-state index contributed by atoms with van der Waals surface area (Å²) in [6.07, 6.45) is 0. The minimum Gasteiger partial charge on any atom is -0.486 e. The Morgan fingerprint density at radius 2 is 1.79 bits per heavy atom. The van der Waals surface area contributed by atoms with Gasteiger partial charge in [-0.15, -0.1) is 21.5 Å². The number of hydrogen-bond acceptors (Lipinski definition) is 10. The number of nitrogens with one attached hydrogen (secondary N) is 1. The number of anilines is 1. The largest absolute Gasteiger partial charge is 0.486 e. The fourth-order valence-corrected chi connectivity index (χ4v) is 4.79. The Balaban J connectivity index is 1.64. The van der Waals surface area contributed by atoms with Crippen LogP contribution in [0.15, 0.2) is 29.4 Å². The fourth-order valence-electron chi connectivity index (χ4n) is 2.80. The lowest BCUT2D eigenvalue weighted by Crippen LogP contribution is -2.16. The van der Waals surface area contributed by atoms with E-state index in [-0.39, 0.29) is 27.8 Å². The second kappa shape index (κ2) is 11.4. The van der Waals surface area contributed by atoms with Gasteiger partial charge in [-0.1, -0.05) is 23.4 Å². The maximum absolute atomic E-state index is 12.6. The molecule has 10 nitrogen and oxygen atoms in total. The van der Waals surface area contributed by atoms with Gasteiger partial charge in [-0.25, -0.2) is 9.59 Å². The van der Waals surface area contributed by atoms with Crippen LogP contribution in [0.4, 0.5) is 5.00 Å². The van der Waals surface area contributed by atoms with Crippen molar-refractivity contribution in [2.75, 3.05) is 25.3 Å². The first-order chi connectivity index (χ1) is 16.2. The molecule has 1 N–H and O–H groups in total. The summed E-state index contributed by atoms with van der Waals surface area (Å²) in [6.45, 7) is 1.78. The quantitative estimate of drug-likeness (QED) is 0.329. The number of esters is 2. The topological polar surface area (TPSA) is 122 Å². The van der Waals surface area contributed by atoms with E-state index in [1.54, 1.807) is 42.8 Å². The Hall–Kier alpha value is -3.09. The molecule has 3 aromatic rings. The van der Waals surface area contributed by atoms with Gasteiger partial charge in [0.2, 0.25) is 5.91 Å². The zero-order valence-corrected chi connectivity index (χ0v) is 21.1. The molecular weight excluding hydrogens is 504 g/mol. The van der Waals surface area contributed by atoms with E-state index >= 15 is 0 Å². The van der Waals surface area contributed by atoms with Crippen molar-refractivity contribution in [3.05, 3.63) is 51.1 Å². The minimum atomic E-state index is -0.662. The molecule has 2 heterocycles. The molecule has 13 heteroatoms. The number of carbonyl (C=O) groups is 3. The van der Waals surface area contributed by atoms with Crippen molar-refractivity contribution in [1.82, 2.24) is 14.8 Å². The zero-order valence-electron chi connectivity index (χ0n) is 18.7. The Morgan fingerprint density at radius 3 is 2.44 bits per heavy atom. The second-order valence-electron chi connectivity index (χ2n) is 6.78. The van der Waals surface area contributed by atoms with Crippen LogP contribution in [0.1, 0.15) is 31.4 Å². The Kier molecular flexibility index (Phi) is 8.53. The Labute approximate surface area is 208 Å². The number of nitrogens with zero attached hydrogens (tertiary/aromatic N) is 3. The van der Waals surface area contributed by atoms with E-state index in [1.807, 2.05) is 0 Å². The molecule has 3 rings (SSSR count). The smallest absolute Gasteiger partial charge is 0.348 e. The van der Waals surface area contributed by atoms with Crippen LogP contribution in [0.3, 0.4) is 0 Å². The van der Waals surface area contributed by atoms with E-state index < -0.39 is 17.8 Å². The normalized spacial score (nSPS) is 10.6. The number of aromatic nitrogens is 3. The molecule has 1 aromatic carbocycles. The van der Waals surface area contributed by atoms with Gasteiger partial charge in [-0.2, -0.15) is 0 Å². The number of methoxy groups -OCH3 is 2. The van der Waals surface area contributed by atoms with Crippen LogP contribution in [0.25, 0.3) is 0 Å². The van der Waals surface area contributed by atoms with Gasteiger partial charge in [-0.05, 0) is 36.8 Å². The molecule has 0 saturated carbocycles. The van der Waals surface area contributed by atoms with E-state index in [9.17, 15) is 14.4 Å². The maximum atomic E-state index is 12.6. The van der Waals surface area contributed by atoms with Gasteiger partial charge < -0.3 is 24.1 Å². The maximum Gasteiger partial charge on any atom is 0.348 e. The summed E-state index contributed by atoms with van der Waals surface area (Å²) in [5.41, 5.74) is 0.497. The van der Waals surface area contributed by atoms with Crippen molar-refractivity contribution in [3.63, 3.8) is 0 Å². The highest BCUT2D eigenvalue weighted by Crippen LogP contribution is 2.34. The van der Waals surface area contributed by atoms with Gasteiger partial charge in [-0.3, -0.25) is 4.79 Å². The van der Waals surface area contributed by atoms with E-state index in [0.717, 1.165) is 23.1 Å². The van der Waals surface area contributed by atoms with Crippen molar-refractivity contribution >= 4 is 57.5 Å². The predicted octanol–water partition coefficient (Wildman–Crippen LogP) is 3.72. The first-order valence-electron chi connectivity index (χ1n) is 9.74. The van der Waals surface area contributed by atoms with Gasteiger partial charge in [0, 0.05) is 12.1 Å². The Morgan fingerprint density at radius 1 is 1.12 bits per heavy atom. The number of hydrogen-bond donors (Lipinski definition) is 1. The third kappa shape index (κ3) is 5.88. The number of thioether (sulfide) groups is 1. The molecule has 0 aliphatic carbocycles. The third-order valence-electron chi connectivity index (χ3n) is 4.60. The molecule has 0 aliphatic heterocycles. The van der Waals surface area contributed by atoms with E-state index in [0.29, 0.717) is 27.3 Å². The third-order valence-corrected chi connectivity index (χ3v) is 7.06. The van der Waals surface area contributed by atoms with Crippen molar-refractivity contribution in [1.29, 1.82) is 0 Å². The summed E-state index contributed by atoms with van der Waals surface area (Å²) in [5.74, 6) is -0.451. The molecule has 34 heavy (non-hydrogen) atoms. The number of thiophene rings is 1. The molecule has 2 aromatic heterocycles. The van der Waals surface area contributed by atoms with Crippen LogP contribution in [-0.2, 0) is 27.9 Å². The summed E-state index contributed by atoms with van der Waals surface area (Å²) in [6, 6.07) is 6.95. The van der Waals surface area contributed by atoms with Crippen LogP contribution in [0.5, 0.6) is 5.75 Å².